The molecule has 0 aromatic heterocycles. The van der Waals surface area contributed by atoms with Gasteiger partial charge in [-0.3, -0.25) is 0 Å². The maximum atomic E-state index is 10.3. The van der Waals surface area contributed by atoms with Crippen LogP contribution in [0.5, 0.6) is 5.75 Å². The molecule has 0 bridgehead atoms. The second kappa shape index (κ2) is 7.36. The first-order chi connectivity index (χ1) is 8.57. The van der Waals surface area contributed by atoms with Crippen LogP contribution in [0.15, 0.2) is 24.3 Å². The van der Waals surface area contributed by atoms with Crippen LogP contribution in [0.3, 0.4) is 0 Å². The summed E-state index contributed by atoms with van der Waals surface area (Å²) in [6, 6.07) is 7.77. The van der Waals surface area contributed by atoms with Gasteiger partial charge in [0.25, 0.3) is 0 Å². The van der Waals surface area contributed by atoms with Crippen LogP contribution in [0.4, 0.5) is 0 Å². The average molecular weight is 253 g/mol. The molecule has 1 aromatic carbocycles. The number of methoxy groups -OCH3 is 2. The summed E-state index contributed by atoms with van der Waals surface area (Å²) < 4.78 is 10.1. The van der Waals surface area contributed by atoms with E-state index in [2.05, 4.69) is 5.32 Å². The van der Waals surface area contributed by atoms with Crippen LogP contribution in [0.2, 0.25) is 0 Å². The van der Waals surface area contributed by atoms with Gasteiger partial charge in [-0.05, 0) is 24.6 Å². The molecule has 1 unspecified atom stereocenters. The number of nitrogens with one attached hydrogen (secondary N) is 1. The van der Waals surface area contributed by atoms with Gasteiger partial charge < -0.3 is 19.9 Å². The monoisotopic (exact) mass is 253 g/mol. The molecule has 0 radical (unpaired) electrons. The maximum Gasteiger partial charge on any atom is 0.119 e. The Morgan fingerprint density at radius 1 is 1.33 bits per heavy atom. The first-order valence-electron chi connectivity index (χ1n) is 6.12. The summed E-state index contributed by atoms with van der Waals surface area (Å²) in [6.07, 6.45) is 0.587. The molecule has 0 saturated carbocycles. The van der Waals surface area contributed by atoms with E-state index in [4.69, 9.17) is 9.47 Å². The topological polar surface area (TPSA) is 50.7 Å². The first kappa shape index (κ1) is 15.0. The lowest BCUT2D eigenvalue weighted by Crippen LogP contribution is -2.40. The van der Waals surface area contributed by atoms with Crippen molar-refractivity contribution >= 4 is 0 Å². The lowest BCUT2D eigenvalue weighted by atomic mass is 9.96. The minimum Gasteiger partial charge on any atom is -0.497 e. The highest BCUT2D eigenvalue weighted by atomic mass is 16.5. The van der Waals surface area contributed by atoms with Crippen molar-refractivity contribution in [1.82, 2.24) is 5.32 Å². The predicted molar refractivity (Wildman–Crippen MR) is 72.1 cm³/mol. The highest BCUT2D eigenvalue weighted by molar-refractivity contribution is 5.29. The van der Waals surface area contributed by atoms with Crippen LogP contribution in [0.1, 0.15) is 12.5 Å². The van der Waals surface area contributed by atoms with E-state index in [0.717, 1.165) is 17.9 Å². The highest BCUT2D eigenvalue weighted by Crippen LogP contribution is 2.17. The molecular formula is C14H23NO3. The van der Waals surface area contributed by atoms with Gasteiger partial charge in [-0.1, -0.05) is 12.1 Å². The second-order valence-electron chi connectivity index (χ2n) is 4.69. The maximum absolute atomic E-state index is 10.3. The largest absolute Gasteiger partial charge is 0.497 e. The van der Waals surface area contributed by atoms with E-state index in [1.165, 1.54) is 0 Å². The fourth-order valence-corrected chi connectivity index (χ4v) is 1.82. The van der Waals surface area contributed by atoms with Gasteiger partial charge in [0.2, 0.25) is 0 Å². The van der Waals surface area contributed by atoms with Gasteiger partial charge in [-0.15, -0.1) is 0 Å². The van der Waals surface area contributed by atoms with Crippen LogP contribution in [0.25, 0.3) is 0 Å². The van der Waals surface area contributed by atoms with Gasteiger partial charge in [0.05, 0.1) is 19.3 Å². The van der Waals surface area contributed by atoms with E-state index in [1.807, 2.05) is 31.2 Å². The zero-order valence-corrected chi connectivity index (χ0v) is 11.4. The lowest BCUT2D eigenvalue weighted by Gasteiger charge is -2.24. The number of benzene rings is 1. The van der Waals surface area contributed by atoms with E-state index < -0.39 is 5.60 Å². The Morgan fingerprint density at radius 3 is 2.78 bits per heavy atom. The van der Waals surface area contributed by atoms with Crippen molar-refractivity contribution in [3.8, 4) is 5.75 Å². The van der Waals surface area contributed by atoms with Crippen LogP contribution < -0.4 is 10.1 Å². The molecule has 4 heteroatoms. The number of aliphatic hydroxyl groups is 1. The summed E-state index contributed by atoms with van der Waals surface area (Å²) in [4.78, 5) is 0. The molecule has 102 valence electrons. The minimum atomic E-state index is -0.778. The molecule has 0 amide bonds. The molecular weight excluding hydrogens is 230 g/mol. The van der Waals surface area contributed by atoms with Crippen molar-refractivity contribution in [2.24, 2.45) is 0 Å². The number of hydrogen-bond donors (Lipinski definition) is 2. The average Bonchev–Trinajstić information content (AvgIpc) is 2.34. The summed E-state index contributed by atoms with van der Waals surface area (Å²) >= 11 is 0. The van der Waals surface area contributed by atoms with E-state index in [9.17, 15) is 5.11 Å². The third-order valence-corrected chi connectivity index (χ3v) is 2.71. The smallest absolute Gasteiger partial charge is 0.119 e. The number of rotatable bonds is 8. The van der Waals surface area contributed by atoms with Crippen molar-refractivity contribution < 1.29 is 14.6 Å². The van der Waals surface area contributed by atoms with Crippen molar-refractivity contribution in [2.75, 3.05) is 33.9 Å². The van der Waals surface area contributed by atoms with E-state index in [1.54, 1.807) is 14.2 Å². The summed E-state index contributed by atoms with van der Waals surface area (Å²) in [5.74, 6) is 0.815. The van der Waals surface area contributed by atoms with Crippen molar-refractivity contribution in [3.63, 3.8) is 0 Å². The van der Waals surface area contributed by atoms with Crippen LogP contribution in [-0.4, -0.2) is 44.6 Å². The van der Waals surface area contributed by atoms with Crippen molar-refractivity contribution in [3.05, 3.63) is 29.8 Å². The summed E-state index contributed by atoms with van der Waals surface area (Å²) in [5, 5.41) is 13.5. The Balaban J connectivity index is 2.47. The van der Waals surface area contributed by atoms with Crippen molar-refractivity contribution in [2.45, 2.75) is 18.9 Å². The van der Waals surface area contributed by atoms with Gasteiger partial charge in [0.15, 0.2) is 0 Å². The molecule has 1 atom stereocenters. The van der Waals surface area contributed by atoms with Crippen molar-refractivity contribution in [1.29, 1.82) is 0 Å². The number of ether oxygens (including phenoxy) is 2. The first-order valence-corrected chi connectivity index (χ1v) is 6.12. The highest BCUT2D eigenvalue weighted by Gasteiger charge is 2.20. The van der Waals surface area contributed by atoms with Gasteiger partial charge in [-0.2, -0.15) is 0 Å². The lowest BCUT2D eigenvalue weighted by molar-refractivity contribution is 0.0581. The van der Waals surface area contributed by atoms with E-state index in [-0.39, 0.29) is 0 Å². The molecule has 1 rings (SSSR count). The van der Waals surface area contributed by atoms with Crippen LogP contribution in [-0.2, 0) is 11.2 Å². The molecule has 18 heavy (non-hydrogen) atoms. The third kappa shape index (κ3) is 5.49. The Labute approximate surface area is 109 Å². The van der Waals surface area contributed by atoms with Crippen LogP contribution >= 0.6 is 0 Å². The summed E-state index contributed by atoms with van der Waals surface area (Å²) in [5.41, 5.74) is 0.285. The SMILES string of the molecule is COCCNCC(C)(O)Cc1cccc(OC)c1. The fraction of sp³-hybridized carbons (Fsp3) is 0.571. The standard InChI is InChI=1S/C14H23NO3/c1-14(16,11-15-7-8-17-2)10-12-5-4-6-13(9-12)18-3/h4-6,9,15-16H,7-8,10-11H2,1-3H3. The minimum absolute atomic E-state index is 0.535. The molecule has 0 spiro atoms. The fourth-order valence-electron chi connectivity index (χ4n) is 1.82. The molecule has 0 heterocycles. The summed E-state index contributed by atoms with van der Waals surface area (Å²) in [7, 11) is 3.31. The predicted octanol–water partition coefficient (Wildman–Crippen LogP) is 1.22. The Hall–Kier alpha value is -1.10. The quantitative estimate of drug-likeness (QED) is 0.684. The zero-order chi connectivity index (χ0) is 13.4. The Morgan fingerprint density at radius 2 is 2.11 bits per heavy atom. The zero-order valence-electron chi connectivity index (χ0n) is 11.4. The third-order valence-electron chi connectivity index (χ3n) is 2.71. The molecule has 0 saturated heterocycles. The second-order valence-corrected chi connectivity index (χ2v) is 4.69. The van der Waals surface area contributed by atoms with E-state index >= 15 is 0 Å². The van der Waals surface area contributed by atoms with E-state index in [0.29, 0.717) is 19.6 Å². The molecule has 0 aliphatic heterocycles. The Bertz CT molecular complexity index is 353. The molecule has 0 aliphatic rings. The molecule has 2 N–H and O–H groups in total. The van der Waals surface area contributed by atoms with Gasteiger partial charge >= 0.3 is 0 Å². The van der Waals surface area contributed by atoms with Gasteiger partial charge in [0.1, 0.15) is 5.75 Å². The molecule has 0 aliphatic carbocycles. The summed E-state index contributed by atoms with van der Waals surface area (Å²) in [6.45, 7) is 3.75. The molecule has 0 fully saturated rings. The number of hydrogen-bond acceptors (Lipinski definition) is 4. The normalized spacial score (nSPS) is 14.2. The Kier molecular flexibility index (Phi) is 6.12. The molecule has 4 nitrogen and oxygen atoms in total. The van der Waals surface area contributed by atoms with Crippen LogP contribution in [0, 0.1) is 0 Å². The molecule has 1 aromatic rings. The van der Waals surface area contributed by atoms with Gasteiger partial charge in [-0.25, -0.2) is 0 Å². The van der Waals surface area contributed by atoms with Gasteiger partial charge in [0, 0.05) is 26.6 Å².